The quantitative estimate of drug-likeness (QED) is 0.885. The van der Waals surface area contributed by atoms with Gasteiger partial charge in [0.15, 0.2) is 0 Å². The Labute approximate surface area is 126 Å². The van der Waals surface area contributed by atoms with Crippen molar-refractivity contribution in [2.24, 2.45) is 5.73 Å². The standard InChI is InChI=1S/C18H22N2O/c1-13-4-3-5-17(10-13)16-8-6-15(7-9-16)12-20-18(21)11-14(2)19/h3-10,14H,11-12,19H2,1-2H3,(H,20,21). The highest BCUT2D eigenvalue weighted by Gasteiger charge is 2.04. The zero-order valence-electron chi connectivity index (χ0n) is 12.6. The van der Waals surface area contributed by atoms with Gasteiger partial charge in [0.2, 0.25) is 5.91 Å². The third-order valence-electron chi connectivity index (χ3n) is 3.30. The Hall–Kier alpha value is -2.13. The number of rotatable bonds is 5. The molecule has 2 aromatic rings. The number of carbonyl (C=O) groups excluding carboxylic acids is 1. The molecule has 3 heteroatoms. The van der Waals surface area contributed by atoms with Gasteiger partial charge < -0.3 is 11.1 Å². The topological polar surface area (TPSA) is 55.1 Å². The maximum Gasteiger partial charge on any atom is 0.221 e. The van der Waals surface area contributed by atoms with Crippen LogP contribution >= 0.6 is 0 Å². The molecule has 0 spiro atoms. The first-order chi connectivity index (χ1) is 10.0. The minimum absolute atomic E-state index is 0.00670. The fraction of sp³-hybridized carbons (Fsp3) is 0.278. The number of hydrogen-bond donors (Lipinski definition) is 2. The van der Waals surface area contributed by atoms with Crippen molar-refractivity contribution >= 4 is 5.91 Å². The van der Waals surface area contributed by atoms with Gasteiger partial charge in [-0.25, -0.2) is 0 Å². The van der Waals surface area contributed by atoms with Crippen LogP contribution in [-0.4, -0.2) is 11.9 Å². The van der Waals surface area contributed by atoms with Gasteiger partial charge in [0, 0.05) is 19.0 Å². The summed E-state index contributed by atoms with van der Waals surface area (Å²) >= 11 is 0. The maximum absolute atomic E-state index is 11.6. The summed E-state index contributed by atoms with van der Waals surface area (Å²) in [5.74, 6) is -0.00670. The minimum atomic E-state index is -0.103. The highest BCUT2D eigenvalue weighted by molar-refractivity contribution is 5.76. The smallest absolute Gasteiger partial charge is 0.221 e. The van der Waals surface area contributed by atoms with Gasteiger partial charge in [0.05, 0.1) is 0 Å². The van der Waals surface area contributed by atoms with E-state index in [-0.39, 0.29) is 11.9 Å². The summed E-state index contributed by atoms with van der Waals surface area (Å²) in [4.78, 5) is 11.6. The first-order valence-electron chi connectivity index (χ1n) is 7.23. The molecule has 1 amide bonds. The van der Waals surface area contributed by atoms with Gasteiger partial charge in [-0.15, -0.1) is 0 Å². The zero-order chi connectivity index (χ0) is 15.2. The van der Waals surface area contributed by atoms with Crippen molar-refractivity contribution in [1.29, 1.82) is 0 Å². The number of carbonyl (C=O) groups is 1. The molecule has 0 aliphatic heterocycles. The number of amides is 1. The van der Waals surface area contributed by atoms with Crippen LogP contribution < -0.4 is 11.1 Å². The third-order valence-corrected chi connectivity index (χ3v) is 3.30. The lowest BCUT2D eigenvalue weighted by atomic mass is 10.0. The fourth-order valence-electron chi connectivity index (χ4n) is 2.20. The lowest BCUT2D eigenvalue weighted by Crippen LogP contribution is -2.29. The van der Waals surface area contributed by atoms with Crippen molar-refractivity contribution < 1.29 is 4.79 Å². The number of hydrogen-bond acceptors (Lipinski definition) is 2. The summed E-state index contributed by atoms with van der Waals surface area (Å²) in [5, 5.41) is 2.88. The molecule has 0 aliphatic carbocycles. The van der Waals surface area contributed by atoms with Crippen molar-refractivity contribution in [2.45, 2.75) is 32.9 Å². The molecule has 0 saturated carbocycles. The summed E-state index contributed by atoms with van der Waals surface area (Å²) in [6.07, 6.45) is 0.362. The molecular formula is C18H22N2O. The molecule has 1 atom stereocenters. The largest absolute Gasteiger partial charge is 0.352 e. The Balaban J connectivity index is 1.98. The van der Waals surface area contributed by atoms with Crippen LogP contribution in [0.25, 0.3) is 11.1 Å². The van der Waals surface area contributed by atoms with Crippen LogP contribution in [-0.2, 0) is 11.3 Å². The molecule has 0 aromatic heterocycles. The molecule has 0 radical (unpaired) electrons. The van der Waals surface area contributed by atoms with E-state index in [4.69, 9.17) is 5.73 Å². The molecule has 0 heterocycles. The van der Waals surface area contributed by atoms with E-state index in [0.29, 0.717) is 13.0 Å². The second kappa shape index (κ2) is 7.04. The molecule has 1 unspecified atom stereocenters. The van der Waals surface area contributed by atoms with Crippen LogP contribution in [0.4, 0.5) is 0 Å². The Morgan fingerprint density at radius 2 is 1.86 bits per heavy atom. The molecule has 2 aromatic carbocycles. The van der Waals surface area contributed by atoms with E-state index >= 15 is 0 Å². The van der Waals surface area contributed by atoms with Crippen molar-refractivity contribution in [1.82, 2.24) is 5.32 Å². The molecule has 110 valence electrons. The molecule has 0 fully saturated rings. The third kappa shape index (κ3) is 4.72. The summed E-state index contributed by atoms with van der Waals surface area (Å²) in [7, 11) is 0. The molecule has 2 rings (SSSR count). The Kier molecular flexibility index (Phi) is 5.12. The van der Waals surface area contributed by atoms with Crippen molar-refractivity contribution in [3.8, 4) is 11.1 Å². The predicted octanol–water partition coefficient (Wildman–Crippen LogP) is 3.02. The molecule has 21 heavy (non-hydrogen) atoms. The fourth-order valence-corrected chi connectivity index (χ4v) is 2.20. The second-order valence-electron chi connectivity index (χ2n) is 5.52. The van der Waals surface area contributed by atoms with E-state index in [1.165, 1.54) is 16.7 Å². The van der Waals surface area contributed by atoms with Gasteiger partial charge in [0.1, 0.15) is 0 Å². The van der Waals surface area contributed by atoms with Crippen LogP contribution in [0.2, 0.25) is 0 Å². The zero-order valence-corrected chi connectivity index (χ0v) is 12.6. The van der Waals surface area contributed by atoms with Crippen molar-refractivity contribution in [3.63, 3.8) is 0 Å². The van der Waals surface area contributed by atoms with Gasteiger partial charge in [-0.1, -0.05) is 54.1 Å². The van der Waals surface area contributed by atoms with Crippen LogP contribution in [0, 0.1) is 6.92 Å². The Bertz CT molecular complexity index is 603. The highest BCUT2D eigenvalue weighted by Crippen LogP contribution is 2.20. The van der Waals surface area contributed by atoms with Gasteiger partial charge in [-0.2, -0.15) is 0 Å². The van der Waals surface area contributed by atoms with Gasteiger partial charge in [0.25, 0.3) is 0 Å². The van der Waals surface area contributed by atoms with E-state index in [9.17, 15) is 4.79 Å². The predicted molar refractivity (Wildman–Crippen MR) is 86.7 cm³/mol. The Morgan fingerprint density at radius 3 is 2.48 bits per heavy atom. The number of aryl methyl sites for hydroxylation is 1. The number of nitrogens with one attached hydrogen (secondary N) is 1. The summed E-state index contributed by atoms with van der Waals surface area (Å²) in [5.41, 5.74) is 10.3. The van der Waals surface area contributed by atoms with E-state index in [1.807, 2.05) is 19.1 Å². The summed E-state index contributed by atoms with van der Waals surface area (Å²) < 4.78 is 0. The minimum Gasteiger partial charge on any atom is -0.352 e. The van der Waals surface area contributed by atoms with Gasteiger partial charge in [-0.3, -0.25) is 4.79 Å². The van der Waals surface area contributed by atoms with Crippen LogP contribution in [0.5, 0.6) is 0 Å². The van der Waals surface area contributed by atoms with Gasteiger partial charge >= 0.3 is 0 Å². The highest BCUT2D eigenvalue weighted by atomic mass is 16.1. The summed E-state index contributed by atoms with van der Waals surface area (Å²) in [6, 6.07) is 16.6. The molecule has 0 aliphatic rings. The van der Waals surface area contributed by atoms with E-state index in [2.05, 4.69) is 48.6 Å². The van der Waals surface area contributed by atoms with Crippen molar-refractivity contribution in [3.05, 3.63) is 59.7 Å². The van der Waals surface area contributed by atoms with E-state index in [0.717, 1.165) is 5.56 Å². The first-order valence-corrected chi connectivity index (χ1v) is 7.23. The lowest BCUT2D eigenvalue weighted by molar-refractivity contribution is -0.121. The normalized spacial score (nSPS) is 12.0. The molecular weight excluding hydrogens is 260 g/mol. The van der Waals surface area contributed by atoms with Crippen LogP contribution in [0.15, 0.2) is 48.5 Å². The molecule has 0 bridgehead atoms. The number of benzene rings is 2. The van der Waals surface area contributed by atoms with Gasteiger partial charge in [-0.05, 0) is 30.5 Å². The SMILES string of the molecule is Cc1cccc(-c2ccc(CNC(=O)CC(C)N)cc2)c1. The molecule has 3 N–H and O–H groups in total. The van der Waals surface area contributed by atoms with E-state index in [1.54, 1.807) is 0 Å². The van der Waals surface area contributed by atoms with E-state index < -0.39 is 0 Å². The second-order valence-corrected chi connectivity index (χ2v) is 5.52. The monoisotopic (exact) mass is 282 g/mol. The first kappa shape index (κ1) is 15.3. The van der Waals surface area contributed by atoms with Crippen LogP contribution in [0.1, 0.15) is 24.5 Å². The molecule has 3 nitrogen and oxygen atoms in total. The summed E-state index contributed by atoms with van der Waals surface area (Å²) in [6.45, 7) is 4.46. The number of nitrogens with two attached hydrogens (primary N) is 1. The Morgan fingerprint density at radius 1 is 1.14 bits per heavy atom. The average Bonchev–Trinajstić information content (AvgIpc) is 2.45. The molecule has 0 saturated heterocycles. The van der Waals surface area contributed by atoms with Crippen LogP contribution in [0.3, 0.4) is 0 Å². The van der Waals surface area contributed by atoms with Crippen molar-refractivity contribution in [2.75, 3.05) is 0 Å². The average molecular weight is 282 g/mol. The lowest BCUT2D eigenvalue weighted by Gasteiger charge is -2.08. The maximum atomic E-state index is 11.6.